The third-order valence-electron chi connectivity index (χ3n) is 2.92. The van der Waals surface area contributed by atoms with Crippen molar-refractivity contribution in [2.75, 3.05) is 6.54 Å². The van der Waals surface area contributed by atoms with E-state index in [9.17, 15) is 0 Å². The Morgan fingerprint density at radius 2 is 2.06 bits per heavy atom. The molecule has 0 aliphatic carbocycles. The minimum atomic E-state index is 0.546. The van der Waals surface area contributed by atoms with Gasteiger partial charge in [0.25, 0.3) is 0 Å². The van der Waals surface area contributed by atoms with E-state index in [2.05, 4.69) is 54.2 Å². The van der Waals surface area contributed by atoms with E-state index in [-0.39, 0.29) is 0 Å². The van der Waals surface area contributed by atoms with Crippen LogP contribution in [0.15, 0.2) is 22.7 Å². The summed E-state index contributed by atoms with van der Waals surface area (Å²) in [5.74, 6) is 0.649. The molecule has 17 heavy (non-hydrogen) atoms. The molecular weight excluding hydrogens is 298 g/mol. The van der Waals surface area contributed by atoms with Crippen LogP contribution in [0.25, 0.3) is 0 Å². The lowest BCUT2D eigenvalue weighted by Gasteiger charge is -2.18. The summed E-state index contributed by atoms with van der Waals surface area (Å²) in [4.78, 5) is 0. The third-order valence-corrected chi connectivity index (χ3v) is 3.76. The monoisotopic (exact) mass is 317 g/mol. The molecule has 1 aromatic rings. The van der Waals surface area contributed by atoms with E-state index >= 15 is 0 Å². The van der Waals surface area contributed by atoms with Crippen LogP contribution in [0.2, 0.25) is 5.02 Å². The largest absolute Gasteiger partial charge is 0.314 e. The number of benzene rings is 1. The lowest BCUT2D eigenvalue weighted by Crippen LogP contribution is -2.29. The predicted molar refractivity (Wildman–Crippen MR) is 79.8 cm³/mol. The maximum atomic E-state index is 6.24. The Morgan fingerprint density at radius 3 is 2.59 bits per heavy atom. The topological polar surface area (TPSA) is 12.0 Å². The van der Waals surface area contributed by atoms with Gasteiger partial charge in [-0.25, -0.2) is 0 Å². The van der Waals surface area contributed by atoms with E-state index in [1.54, 1.807) is 0 Å². The van der Waals surface area contributed by atoms with Crippen molar-refractivity contribution >= 4 is 27.5 Å². The Kier molecular flexibility index (Phi) is 6.53. The zero-order chi connectivity index (χ0) is 12.8. The first-order valence-corrected chi connectivity index (χ1v) is 7.37. The van der Waals surface area contributed by atoms with E-state index in [0.29, 0.717) is 12.0 Å². The highest BCUT2D eigenvalue weighted by molar-refractivity contribution is 9.10. The molecule has 1 rings (SSSR count). The highest BCUT2D eigenvalue weighted by Crippen LogP contribution is 2.24. The Bertz CT molecular complexity index is 352. The van der Waals surface area contributed by atoms with Crippen molar-refractivity contribution in [3.63, 3.8) is 0 Å². The molecule has 96 valence electrons. The van der Waals surface area contributed by atoms with Crippen LogP contribution in [0.5, 0.6) is 0 Å². The van der Waals surface area contributed by atoms with Gasteiger partial charge < -0.3 is 5.32 Å². The molecule has 1 atom stereocenters. The number of rotatable bonds is 6. The van der Waals surface area contributed by atoms with E-state index in [4.69, 9.17) is 11.6 Å². The van der Waals surface area contributed by atoms with Gasteiger partial charge in [-0.2, -0.15) is 0 Å². The highest BCUT2D eigenvalue weighted by Gasteiger charge is 2.10. The first-order valence-electron chi connectivity index (χ1n) is 6.20. The molecule has 1 unspecified atom stereocenters. The van der Waals surface area contributed by atoms with Gasteiger partial charge >= 0.3 is 0 Å². The van der Waals surface area contributed by atoms with Crippen LogP contribution in [-0.4, -0.2) is 12.6 Å². The Balaban J connectivity index is 2.60. The highest BCUT2D eigenvalue weighted by atomic mass is 79.9. The van der Waals surface area contributed by atoms with Gasteiger partial charge in [-0.3, -0.25) is 0 Å². The molecule has 0 bridgehead atoms. The molecule has 0 spiro atoms. The molecule has 3 heteroatoms. The quantitative estimate of drug-likeness (QED) is 0.803. The molecule has 1 nitrogen and oxygen atoms in total. The summed E-state index contributed by atoms with van der Waals surface area (Å²) in [7, 11) is 0. The van der Waals surface area contributed by atoms with Gasteiger partial charge in [-0.1, -0.05) is 60.8 Å². The van der Waals surface area contributed by atoms with Crippen LogP contribution < -0.4 is 5.32 Å². The first kappa shape index (κ1) is 15.0. The zero-order valence-corrected chi connectivity index (χ0v) is 13.1. The van der Waals surface area contributed by atoms with Crippen LogP contribution in [0.3, 0.4) is 0 Å². The third kappa shape index (κ3) is 5.41. The second-order valence-corrected chi connectivity index (χ2v) is 6.10. The lowest BCUT2D eigenvalue weighted by atomic mass is 9.96. The van der Waals surface area contributed by atoms with Crippen molar-refractivity contribution in [1.29, 1.82) is 0 Å². The lowest BCUT2D eigenvalue weighted by molar-refractivity contribution is 0.436. The maximum Gasteiger partial charge on any atom is 0.0449 e. The van der Waals surface area contributed by atoms with Crippen LogP contribution in [0, 0.1) is 5.92 Å². The van der Waals surface area contributed by atoms with Gasteiger partial charge in [0.15, 0.2) is 0 Å². The van der Waals surface area contributed by atoms with Gasteiger partial charge in [0, 0.05) is 15.5 Å². The van der Waals surface area contributed by atoms with Crippen molar-refractivity contribution in [3.05, 3.63) is 33.3 Å². The van der Waals surface area contributed by atoms with Crippen LogP contribution in [0.4, 0.5) is 0 Å². The molecule has 0 aliphatic rings. The fourth-order valence-corrected chi connectivity index (χ4v) is 2.51. The average molecular weight is 319 g/mol. The zero-order valence-electron chi connectivity index (χ0n) is 10.8. The van der Waals surface area contributed by atoms with Crippen molar-refractivity contribution in [1.82, 2.24) is 5.32 Å². The van der Waals surface area contributed by atoms with Crippen molar-refractivity contribution in [2.45, 2.75) is 39.7 Å². The Morgan fingerprint density at radius 1 is 1.35 bits per heavy atom. The second-order valence-electron chi connectivity index (χ2n) is 4.78. The van der Waals surface area contributed by atoms with Crippen LogP contribution >= 0.6 is 27.5 Å². The SMILES string of the molecule is CCC(CNC(C)C)Cc1ccc(Br)cc1Cl. The minimum absolute atomic E-state index is 0.546. The summed E-state index contributed by atoms with van der Waals surface area (Å²) in [6.45, 7) is 7.65. The van der Waals surface area contributed by atoms with Crippen LogP contribution in [0.1, 0.15) is 32.8 Å². The Hall–Kier alpha value is -0.0500. The molecule has 0 saturated heterocycles. The summed E-state index contributed by atoms with van der Waals surface area (Å²) in [6, 6.07) is 6.69. The van der Waals surface area contributed by atoms with Crippen molar-refractivity contribution < 1.29 is 0 Å². The standard InChI is InChI=1S/C14H21BrClN/c1-4-11(9-17-10(2)3)7-12-5-6-13(15)8-14(12)16/h5-6,8,10-11,17H,4,7,9H2,1-3H3. The summed E-state index contributed by atoms with van der Waals surface area (Å²) in [5.41, 5.74) is 1.24. The number of nitrogens with one attached hydrogen (secondary N) is 1. The molecule has 0 heterocycles. The molecule has 1 N–H and O–H groups in total. The number of halogens is 2. The fourth-order valence-electron chi connectivity index (χ4n) is 1.76. The minimum Gasteiger partial charge on any atom is -0.314 e. The van der Waals surface area contributed by atoms with E-state index < -0.39 is 0 Å². The smallest absolute Gasteiger partial charge is 0.0449 e. The molecular formula is C14H21BrClN. The van der Waals surface area contributed by atoms with Gasteiger partial charge in [0.05, 0.1) is 0 Å². The maximum absolute atomic E-state index is 6.24. The average Bonchev–Trinajstić information content (AvgIpc) is 2.26. The summed E-state index contributed by atoms with van der Waals surface area (Å²) >= 11 is 9.68. The normalized spacial score (nSPS) is 13.1. The second kappa shape index (κ2) is 7.40. The molecule has 0 aromatic heterocycles. The summed E-state index contributed by atoms with van der Waals surface area (Å²) < 4.78 is 1.04. The van der Waals surface area contributed by atoms with Gasteiger partial charge in [-0.05, 0) is 36.6 Å². The first-order chi connectivity index (χ1) is 8.02. The van der Waals surface area contributed by atoms with Crippen molar-refractivity contribution in [2.24, 2.45) is 5.92 Å². The molecule has 0 amide bonds. The van der Waals surface area contributed by atoms with E-state index in [0.717, 1.165) is 22.5 Å². The molecule has 0 radical (unpaired) electrons. The summed E-state index contributed by atoms with van der Waals surface area (Å²) in [6.07, 6.45) is 2.22. The van der Waals surface area contributed by atoms with Gasteiger partial charge in [-0.15, -0.1) is 0 Å². The number of hydrogen-bond acceptors (Lipinski definition) is 1. The van der Waals surface area contributed by atoms with Crippen LogP contribution in [-0.2, 0) is 6.42 Å². The van der Waals surface area contributed by atoms with Crippen molar-refractivity contribution in [3.8, 4) is 0 Å². The summed E-state index contributed by atoms with van der Waals surface area (Å²) in [5, 5.41) is 4.36. The van der Waals surface area contributed by atoms with Gasteiger partial charge in [0.1, 0.15) is 0 Å². The number of hydrogen-bond donors (Lipinski definition) is 1. The van der Waals surface area contributed by atoms with E-state index in [1.807, 2.05) is 6.07 Å². The molecule has 0 fully saturated rings. The Labute approximate surface area is 118 Å². The predicted octanol–water partition coefficient (Wildman–Crippen LogP) is 4.67. The molecule has 0 aliphatic heterocycles. The molecule has 0 saturated carbocycles. The fraction of sp³-hybridized carbons (Fsp3) is 0.571. The van der Waals surface area contributed by atoms with E-state index in [1.165, 1.54) is 12.0 Å². The molecule has 1 aromatic carbocycles. The van der Waals surface area contributed by atoms with Gasteiger partial charge in [0.2, 0.25) is 0 Å².